The summed E-state index contributed by atoms with van der Waals surface area (Å²) in [6.07, 6.45) is -4.36. The molecule has 0 bridgehead atoms. The smallest absolute Gasteiger partial charge is 0.368 e. The fourth-order valence-electron chi connectivity index (χ4n) is 2.45. The summed E-state index contributed by atoms with van der Waals surface area (Å²) in [6, 6.07) is 11.6. The molecule has 0 heterocycles. The molecule has 2 aromatic carbocycles. The van der Waals surface area contributed by atoms with Crippen molar-refractivity contribution >= 4 is 41.8 Å². The Balaban J connectivity index is 0.00000480. The number of nitrogens with one attached hydrogen (secondary N) is 3. The molecule has 11 heteroatoms. The van der Waals surface area contributed by atoms with E-state index in [9.17, 15) is 22.8 Å². The van der Waals surface area contributed by atoms with Crippen molar-refractivity contribution in [2.24, 2.45) is 10.7 Å². The minimum absolute atomic E-state index is 0. The van der Waals surface area contributed by atoms with Gasteiger partial charge >= 0.3 is 6.18 Å². The summed E-state index contributed by atoms with van der Waals surface area (Å²) in [5.74, 6) is -0.556. The maximum atomic E-state index is 12.6. The quantitative estimate of drug-likeness (QED) is 0.242. The highest BCUT2D eigenvalue weighted by atomic mass is 127. The molecule has 5 N–H and O–H groups in total. The van der Waals surface area contributed by atoms with Crippen molar-refractivity contribution in [3.63, 3.8) is 0 Å². The normalized spacial score (nSPS) is 11.3. The Hall–Kier alpha value is -2.83. The minimum atomic E-state index is -4.36. The number of nitrogens with two attached hydrogens (primary N) is 1. The molecule has 0 aliphatic heterocycles. The molecule has 0 saturated heterocycles. The Kier molecular flexibility index (Phi) is 10.3. The van der Waals surface area contributed by atoms with Crippen molar-refractivity contribution in [2.45, 2.75) is 19.3 Å². The fourth-order valence-corrected chi connectivity index (χ4v) is 2.45. The molecular weight excluding hydrogens is 526 g/mol. The second kappa shape index (κ2) is 12.1. The highest BCUT2D eigenvalue weighted by molar-refractivity contribution is 14.0. The van der Waals surface area contributed by atoms with Gasteiger partial charge in [-0.3, -0.25) is 14.6 Å². The van der Waals surface area contributed by atoms with E-state index in [0.29, 0.717) is 30.2 Å². The van der Waals surface area contributed by atoms with Crippen LogP contribution in [0.25, 0.3) is 0 Å². The van der Waals surface area contributed by atoms with Crippen LogP contribution < -0.4 is 21.7 Å². The Morgan fingerprint density at radius 2 is 1.39 bits per heavy atom. The summed E-state index contributed by atoms with van der Waals surface area (Å²) >= 11 is 0. The van der Waals surface area contributed by atoms with Crippen LogP contribution in [0.2, 0.25) is 0 Å². The molecule has 168 valence electrons. The standard InChI is InChI=1S/C20H22F3N5O2.HI/c1-25-19(28-11-14-4-8-16(9-5-14)20(21,22)23)27-10-13-2-6-15(7-3-13)18(30)26-12-17(24)29;/h2-9H,10-12H2,1H3,(H2,24,29)(H,26,30)(H2,25,27,28);1H. The van der Waals surface area contributed by atoms with E-state index in [2.05, 4.69) is 20.9 Å². The molecule has 0 saturated carbocycles. The molecule has 0 fully saturated rings. The molecule has 0 aliphatic carbocycles. The molecule has 0 atom stereocenters. The Bertz CT molecular complexity index is 901. The van der Waals surface area contributed by atoms with Crippen molar-refractivity contribution in [1.82, 2.24) is 16.0 Å². The number of benzene rings is 2. The molecule has 0 spiro atoms. The Labute approximate surface area is 194 Å². The van der Waals surface area contributed by atoms with Gasteiger partial charge in [0.1, 0.15) is 0 Å². The monoisotopic (exact) mass is 549 g/mol. The molecule has 0 aromatic heterocycles. The zero-order chi connectivity index (χ0) is 22.1. The molecule has 2 aromatic rings. The van der Waals surface area contributed by atoms with E-state index in [1.165, 1.54) is 12.1 Å². The number of hydrogen-bond acceptors (Lipinski definition) is 3. The van der Waals surface area contributed by atoms with Gasteiger partial charge in [0.15, 0.2) is 5.96 Å². The van der Waals surface area contributed by atoms with E-state index in [1.807, 2.05) is 0 Å². The lowest BCUT2D eigenvalue weighted by Gasteiger charge is -2.13. The number of carbonyl (C=O) groups excluding carboxylic acids is 2. The number of hydrogen-bond donors (Lipinski definition) is 4. The third-order valence-corrected chi connectivity index (χ3v) is 4.06. The lowest BCUT2D eigenvalue weighted by Crippen LogP contribution is -2.36. The van der Waals surface area contributed by atoms with Crippen LogP contribution in [0.5, 0.6) is 0 Å². The second-order valence-corrected chi connectivity index (χ2v) is 6.32. The third-order valence-electron chi connectivity index (χ3n) is 4.06. The Morgan fingerprint density at radius 1 is 0.903 bits per heavy atom. The van der Waals surface area contributed by atoms with Crippen molar-refractivity contribution in [3.05, 3.63) is 70.8 Å². The van der Waals surface area contributed by atoms with Crippen molar-refractivity contribution in [1.29, 1.82) is 0 Å². The number of primary amides is 1. The van der Waals surface area contributed by atoms with Gasteiger partial charge in [-0.25, -0.2) is 0 Å². The number of alkyl halides is 3. The maximum absolute atomic E-state index is 12.6. The maximum Gasteiger partial charge on any atom is 0.416 e. The SMILES string of the molecule is CN=C(NCc1ccc(C(=O)NCC(N)=O)cc1)NCc1ccc(C(F)(F)F)cc1.I. The van der Waals surface area contributed by atoms with Gasteiger partial charge in [0, 0.05) is 25.7 Å². The van der Waals surface area contributed by atoms with Crippen LogP contribution in [0, 0.1) is 0 Å². The van der Waals surface area contributed by atoms with Crippen LogP contribution in [0.4, 0.5) is 13.2 Å². The zero-order valence-electron chi connectivity index (χ0n) is 16.6. The summed E-state index contributed by atoms with van der Waals surface area (Å²) in [6.45, 7) is 0.482. The average molecular weight is 549 g/mol. The number of nitrogens with zero attached hydrogens (tertiary/aromatic N) is 1. The predicted octanol–water partition coefficient (Wildman–Crippen LogP) is 2.40. The molecule has 2 amide bonds. The first kappa shape index (κ1) is 26.2. The van der Waals surface area contributed by atoms with Crippen LogP contribution in [-0.2, 0) is 24.1 Å². The number of rotatable bonds is 7. The van der Waals surface area contributed by atoms with Crippen LogP contribution in [-0.4, -0.2) is 31.4 Å². The first-order valence-electron chi connectivity index (χ1n) is 8.95. The third kappa shape index (κ3) is 8.82. The molecule has 0 radical (unpaired) electrons. The minimum Gasteiger partial charge on any atom is -0.368 e. The van der Waals surface area contributed by atoms with E-state index >= 15 is 0 Å². The van der Waals surface area contributed by atoms with E-state index in [4.69, 9.17) is 5.73 Å². The second-order valence-electron chi connectivity index (χ2n) is 6.32. The number of carbonyl (C=O) groups is 2. The molecule has 0 unspecified atom stereocenters. The van der Waals surface area contributed by atoms with Crippen LogP contribution >= 0.6 is 24.0 Å². The van der Waals surface area contributed by atoms with Gasteiger partial charge in [-0.1, -0.05) is 24.3 Å². The fraction of sp³-hybridized carbons (Fsp3) is 0.250. The summed E-state index contributed by atoms with van der Waals surface area (Å²) in [4.78, 5) is 26.6. The van der Waals surface area contributed by atoms with Gasteiger partial charge in [0.2, 0.25) is 5.91 Å². The van der Waals surface area contributed by atoms with Crippen molar-refractivity contribution in [2.75, 3.05) is 13.6 Å². The van der Waals surface area contributed by atoms with Gasteiger partial charge in [-0.05, 0) is 35.4 Å². The number of aliphatic imine (C=N–C) groups is 1. The van der Waals surface area contributed by atoms with Crippen LogP contribution in [0.15, 0.2) is 53.5 Å². The van der Waals surface area contributed by atoms with Crippen LogP contribution in [0.3, 0.4) is 0 Å². The molecule has 31 heavy (non-hydrogen) atoms. The zero-order valence-corrected chi connectivity index (χ0v) is 19.0. The van der Waals surface area contributed by atoms with Crippen molar-refractivity contribution < 1.29 is 22.8 Å². The van der Waals surface area contributed by atoms with E-state index in [1.54, 1.807) is 31.3 Å². The van der Waals surface area contributed by atoms with E-state index in [0.717, 1.165) is 17.7 Å². The molecule has 7 nitrogen and oxygen atoms in total. The van der Waals surface area contributed by atoms with E-state index in [-0.39, 0.29) is 30.5 Å². The molecular formula is C20H23F3IN5O2. The first-order valence-corrected chi connectivity index (χ1v) is 8.95. The van der Waals surface area contributed by atoms with Gasteiger partial charge in [0.25, 0.3) is 5.91 Å². The molecule has 0 aliphatic rings. The summed E-state index contributed by atoms with van der Waals surface area (Å²) in [5.41, 5.74) is 6.24. The lowest BCUT2D eigenvalue weighted by molar-refractivity contribution is -0.137. The van der Waals surface area contributed by atoms with Gasteiger partial charge < -0.3 is 21.7 Å². The number of guanidine groups is 1. The first-order chi connectivity index (χ1) is 14.2. The van der Waals surface area contributed by atoms with Crippen LogP contribution in [0.1, 0.15) is 27.0 Å². The van der Waals surface area contributed by atoms with Gasteiger partial charge in [0.05, 0.1) is 12.1 Å². The van der Waals surface area contributed by atoms with E-state index < -0.39 is 23.6 Å². The summed E-state index contributed by atoms with van der Waals surface area (Å²) < 4.78 is 37.8. The lowest BCUT2D eigenvalue weighted by atomic mass is 10.1. The predicted molar refractivity (Wildman–Crippen MR) is 122 cm³/mol. The highest BCUT2D eigenvalue weighted by Gasteiger charge is 2.29. The van der Waals surface area contributed by atoms with Gasteiger partial charge in [-0.2, -0.15) is 13.2 Å². The summed E-state index contributed by atoms with van der Waals surface area (Å²) in [5, 5.41) is 8.50. The number of halogens is 4. The topological polar surface area (TPSA) is 109 Å². The Morgan fingerprint density at radius 3 is 1.81 bits per heavy atom. The van der Waals surface area contributed by atoms with Gasteiger partial charge in [-0.15, -0.1) is 24.0 Å². The number of amides is 2. The highest BCUT2D eigenvalue weighted by Crippen LogP contribution is 2.29. The largest absolute Gasteiger partial charge is 0.416 e. The summed E-state index contributed by atoms with van der Waals surface area (Å²) in [7, 11) is 1.58. The van der Waals surface area contributed by atoms with Crippen molar-refractivity contribution in [3.8, 4) is 0 Å². The average Bonchev–Trinajstić information content (AvgIpc) is 2.72. The molecule has 2 rings (SSSR count).